The molecule has 4 heteroatoms. The summed E-state index contributed by atoms with van der Waals surface area (Å²) in [6.45, 7) is 3.04. The van der Waals surface area contributed by atoms with Crippen molar-refractivity contribution in [2.24, 2.45) is 17.6 Å². The van der Waals surface area contributed by atoms with E-state index >= 15 is 0 Å². The molecule has 2 aliphatic rings. The van der Waals surface area contributed by atoms with Crippen molar-refractivity contribution in [3.8, 4) is 0 Å². The first kappa shape index (κ1) is 14.1. The Labute approximate surface area is 121 Å². The zero-order valence-corrected chi connectivity index (χ0v) is 12.6. The normalized spacial score (nSPS) is 34.5. The van der Waals surface area contributed by atoms with E-state index < -0.39 is 0 Å². The van der Waals surface area contributed by atoms with Gasteiger partial charge in [-0.1, -0.05) is 24.9 Å². The SMILES string of the molecule is CCC1CCC(c2noc(C3CCCC3CN)n2)CC1. The zero-order chi connectivity index (χ0) is 13.9. The molecule has 4 nitrogen and oxygen atoms in total. The molecule has 0 aromatic carbocycles. The van der Waals surface area contributed by atoms with Crippen LogP contribution in [-0.4, -0.2) is 16.7 Å². The summed E-state index contributed by atoms with van der Waals surface area (Å²) in [5.41, 5.74) is 5.85. The van der Waals surface area contributed by atoms with Gasteiger partial charge in [0.15, 0.2) is 5.82 Å². The number of aromatic nitrogens is 2. The lowest BCUT2D eigenvalue weighted by Gasteiger charge is -2.25. The van der Waals surface area contributed by atoms with E-state index in [2.05, 4.69) is 12.1 Å². The van der Waals surface area contributed by atoms with Crippen LogP contribution >= 0.6 is 0 Å². The van der Waals surface area contributed by atoms with Gasteiger partial charge in [-0.2, -0.15) is 4.98 Å². The third kappa shape index (κ3) is 2.76. The molecule has 0 amide bonds. The Morgan fingerprint density at radius 1 is 1.15 bits per heavy atom. The van der Waals surface area contributed by atoms with Crippen LogP contribution < -0.4 is 5.73 Å². The summed E-state index contributed by atoms with van der Waals surface area (Å²) in [6, 6.07) is 0. The molecule has 0 spiro atoms. The Bertz CT molecular complexity index is 423. The maximum atomic E-state index is 5.85. The first-order chi connectivity index (χ1) is 9.81. The molecule has 2 fully saturated rings. The number of hydrogen-bond acceptors (Lipinski definition) is 4. The fourth-order valence-electron chi connectivity index (χ4n) is 4.04. The second-order valence-corrected chi connectivity index (χ2v) is 6.65. The summed E-state index contributed by atoms with van der Waals surface area (Å²) in [6.07, 6.45) is 10.0. The Kier molecular flexibility index (Phi) is 4.39. The van der Waals surface area contributed by atoms with Crippen molar-refractivity contribution in [1.29, 1.82) is 0 Å². The second-order valence-electron chi connectivity index (χ2n) is 6.65. The highest BCUT2D eigenvalue weighted by atomic mass is 16.5. The number of nitrogens with two attached hydrogens (primary N) is 1. The Morgan fingerprint density at radius 3 is 2.65 bits per heavy atom. The molecule has 20 heavy (non-hydrogen) atoms. The lowest BCUT2D eigenvalue weighted by Crippen LogP contribution is -2.17. The summed E-state index contributed by atoms with van der Waals surface area (Å²) in [7, 11) is 0. The topological polar surface area (TPSA) is 64.9 Å². The fraction of sp³-hybridized carbons (Fsp3) is 0.875. The van der Waals surface area contributed by atoms with Gasteiger partial charge < -0.3 is 10.3 Å². The van der Waals surface area contributed by atoms with Crippen LogP contribution in [0.15, 0.2) is 4.52 Å². The van der Waals surface area contributed by atoms with Gasteiger partial charge >= 0.3 is 0 Å². The van der Waals surface area contributed by atoms with Gasteiger partial charge in [0.05, 0.1) is 0 Å². The highest BCUT2D eigenvalue weighted by Crippen LogP contribution is 2.40. The van der Waals surface area contributed by atoms with Crippen LogP contribution in [0.3, 0.4) is 0 Å². The van der Waals surface area contributed by atoms with E-state index in [0.717, 1.165) is 30.6 Å². The number of hydrogen-bond donors (Lipinski definition) is 1. The first-order valence-electron chi connectivity index (χ1n) is 8.35. The average molecular weight is 277 g/mol. The van der Waals surface area contributed by atoms with Crippen LogP contribution in [0.1, 0.15) is 81.8 Å². The molecule has 2 aliphatic carbocycles. The summed E-state index contributed by atoms with van der Waals surface area (Å²) in [5.74, 6) is 4.19. The molecule has 1 aromatic rings. The van der Waals surface area contributed by atoms with Gasteiger partial charge in [-0.15, -0.1) is 0 Å². The fourth-order valence-corrected chi connectivity index (χ4v) is 4.04. The molecule has 3 rings (SSSR count). The molecule has 0 bridgehead atoms. The van der Waals surface area contributed by atoms with Gasteiger partial charge in [-0.3, -0.25) is 0 Å². The van der Waals surface area contributed by atoms with E-state index in [-0.39, 0.29) is 0 Å². The minimum atomic E-state index is 0.410. The highest BCUT2D eigenvalue weighted by molar-refractivity contribution is 5.04. The van der Waals surface area contributed by atoms with E-state index in [1.165, 1.54) is 44.9 Å². The predicted molar refractivity (Wildman–Crippen MR) is 78.4 cm³/mol. The molecule has 2 saturated carbocycles. The van der Waals surface area contributed by atoms with Crippen molar-refractivity contribution in [3.63, 3.8) is 0 Å². The Hall–Kier alpha value is -0.900. The second kappa shape index (κ2) is 6.25. The largest absolute Gasteiger partial charge is 0.339 e. The van der Waals surface area contributed by atoms with Crippen molar-refractivity contribution in [2.75, 3.05) is 6.54 Å². The summed E-state index contributed by atoms with van der Waals surface area (Å²) < 4.78 is 5.57. The minimum Gasteiger partial charge on any atom is -0.339 e. The number of rotatable bonds is 4. The quantitative estimate of drug-likeness (QED) is 0.913. The molecule has 2 atom stereocenters. The standard InChI is InChI=1S/C16H27N3O/c1-2-11-6-8-12(9-7-11)15-18-16(20-19-15)14-5-3-4-13(14)10-17/h11-14H,2-10,17H2,1H3. The zero-order valence-electron chi connectivity index (χ0n) is 12.6. The third-order valence-corrected chi connectivity index (χ3v) is 5.53. The molecule has 1 aromatic heterocycles. The molecule has 2 unspecified atom stereocenters. The Morgan fingerprint density at radius 2 is 1.95 bits per heavy atom. The maximum absolute atomic E-state index is 5.85. The molecule has 0 aliphatic heterocycles. The predicted octanol–water partition coefficient (Wildman–Crippen LogP) is 3.60. The van der Waals surface area contributed by atoms with Crippen LogP contribution in [0.2, 0.25) is 0 Å². The average Bonchev–Trinajstić information content (AvgIpc) is 3.15. The first-order valence-corrected chi connectivity index (χ1v) is 8.35. The van der Waals surface area contributed by atoms with Crippen molar-refractivity contribution in [1.82, 2.24) is 10.1 Å². The van der Waals surface area contributed by atoms with E-state index in [4.69, 9.17) is 15.2 Å². The van der Waals surface area contributed by atoms with Crippen molar-refractivity contribution < 1.29 is 4.52 Å². The van der Waals surface area contributed by atoms with Crippen molar-refractivity contribution in [3.05, 3.63) is 11.7 Å². The maximum Gasteiger partial charge on any atom is 0.230 e. The smallest absolute Gasteiger partial charge is 0.230 e. The van der Waals surface area contributed by atoms with Crippen molar-refractivity contribution in [2.45, 2.75) is 70.1 Å². The molecule has 1 heterocycles. The molecule has 112 valence electrons. The minimum absolute atomic E-state index is 0.410. The third-order valence-electron chi connectivity index (χ3n) is 5.53. The van der Waals surface area contributed by atoms with E-state index in [1.54, 1.807) is 0 Å². The van der Waals surface area contributed by atoms with Crippen LogP contribution in [0, 0.1) is 11.8 Å². The van der Waals surface area contributed by atoms with E-state index in [0.29, 0.717) is 17.8 Å². The monoisotopic (exact) mass is 277 g/mol. The van der Waals surface area contributed by atoms with Crippen LogP contribution in [0.5, 0.6) is 0 Å². The van der Waals surface area contributed by atoms with Gasteiger partial charge in [0, 0.05) is 11.8 Å². The van der Waals surface area contributed by atoms with Crippen molar-refractivity contribution >= 4 is 0 Å². The van der Waals surface area contributed by atoms with Crippen LogP contribution in [0.4, 0.5) is 0 Å². The summed E-state index contributed by atoms with van der Waals surface area (Å²) in [5, 5.41) is 4.28. The van der Waals surface area contributed by atoms with E-state index in [1.807, 2.05) is 0 Å². The van der Waals surface area contributed by atoms with Gasteiger partial charge in [0.1, 0.15) is 0 Å². The molecular weight excluding hydrogens is 250 g/mol. The number of nitrogens with zero attached hydrogens (tertiary/aromatic N) is 2. The van der Waals surface area contributed by atoms with Crippen LogP contribution in [0.25, 0.3) is 0 Å². The Balaban J connectivity index is 1.65. The van der Waals surface area contributed by atoms with Gasteiger partial charge in [-0.25, -0.2) is 0 Å². The lowest BCUT2D eigenvalue weighted by atomic mass is 9.80. The molecule has 0 saturated heterocycles. The molecular formula is C16H27N3O. The van der Waals surface area contributed by atoms with Gasteiger partial charge in [0.25, 0.3) is 0 Å². The molecule has 2 N–H and O–H groups in total. The van der Waals surface area contributed by atoms with E-state index in [9.17, 15) is 0 Å². The molecule has 0 radical (unpaired) electrons. The van der Waals surface area contributed by atoms with Gasteiger partial charge in [0.2, 0.25) is 5.89 Å². The highest BCUT2D eigenvalue weighted by Gasteiger charge is 2.33. The van der Waals surface area contributed by atoms with Gasteiger partial charge in [-0.05, 0) is 56.9 Å². The summed E-state index contributed by atoms with van der Waals surface area (Å²) >= 11 is 0. The summed E-state index contributed by atoms with van der Waals surface area (Å²) in [4.78, 5) is 4.73. The lowest BCUT2D eigenvalue weighted by molar-refractivity contribution is 0.297. The van der Waals surface area contributed by atoms with Crippen LogP contribution in [-0.2, 0) is 0 Å².